The van der Waals surface area contributed by atoms with E-state index in [0.717, 1.165) is 0 Å². The average Bonchev–Trinajstić information content (AvgIpc) is 3.02. The average molecular weight is 267 g/mol. The molecule has 0 bridgehead atoms. The van der Waals surface area contributed by atoms with Crippen LogP contribution in [0.25, 0.3) is 0 Å². The van der Waals surface area contributed by atoms with Crippen molar-refractivity contribution in [1.29, 1.82) is 0 Å². The molecule has 0 atom stereocenters. The number of esters is 1. The van der Waals surface area contributed by atoms with Crippen LogP contribution in [0.5, 0.6) is 0 Å². The van der Waals surface area contributed by atoms with Crippen LogP contribution < -0.4 is 0 Å². The highest BCUT2D eigenvalue weighted by molar-refractivity contribution is 5.88. The molecular formula is C10H13N5O4. The van der Waals surface area contributed by atoms with Crippen molar-refractivity contribution in [3.05, 3.63) is 23.6 Å². The van der Waals surface area contributed by atoms with Gasteiger partial charge in [0.05, 0.1) is 12.3 Å². The molecule has 2 aromatic heterocycles. The first-order valence-corrected chi connectivity index (χ1v) is 5.54. The molecule has 2 heterocycles. The molecule has 0 radical (unpaired) electrons. The summed E-state index contributed by atoms with van der Waals surface area (Å²) in [5.74, 6) is -0.154. The van der Waals surface area contributed by atoms with Crippen molar-refractivity contribution in [2.75, 3.05) is 20.3 Å². The maximum Gasteiger partial charge on any atom is 0.360 e. The maximum atomic E-state index is 11.7. The molecule has 19 heavy (non-hydrogen) atoms. The highest BCUT2D eigenvalue weighted by atomic mass is 16.6. The number of carbonyl (C=O) groups is 1. The van der Waals surface area contributed by atoms with E-state index in [2.05, 4.69) is 20.5 Å². The van der Waals surface area contributed by atoms with Crippen LogP contribution in [0.4, 0.5) is 0 Å². The summed E-state index contributed by atoms with van der Waals surface area (Å²) >= 11 is 0. The van der Waals surface area contributed by atoms with Crippen molar-refractivity contribution in [3.8, 4) is 0 Å². The number of ether oxygens (including phenoxy) is 2. The molecule has 0 saturated carbocycles. The van der Waals surface area contributed by atoms with Gasteiger partial charge >= 0.3 is 5.97 Å². The molecule has 0 unspecified atom stereocenters. The number of hydrogen-bond acceptors (Lipinski definition) is 8. The predicted octanol–water partition coefficient (Wildman–Crippen LogP) is -0.179. The molecule has 0 spiro atoms. The summed E-state index contributed by atoms with van der Waals surface area (Å²) in [7, 11) is 1.53. The van der Waals surface area contributed by atoms with Gasteiger partial charge in [0.15, 0.2) is 12.0 Å². The Hall–Kier alpha value is -2.29. The van der Waals surface area contributed by atoms with Crippen molar-refractivity contribution in [3.63, 3.8) is 0 Å². The van der Waals surface area contributed by atoms with Gasteiger partial charge < -0.3 is 14.0 Å². The van der Waals surface area contributed by atoms with Crippen molar-refractivity contribution < 1.29 is 18.8 Å². The van der Waals surface area contributed by atoms with Crippen molar-refractivity contribution in [1.82, 2.24) is 25.1 Å². The van der Waals surface area contributed by atoms with E-state index in [1.165, 1.54) is 18.1 Å². The Balaban J connectivity index is 2.03. The Bertz CT molecular complexity index is 536. The van der Waals surface area contributed by atoms with Gasteiger partial charge in [-0.05, 0) is 6.92 Å². The molecule has 2 aromatic rings. The van der Waals surface area contributed by atoms with E-state index in [9.17, 15) is 4.79 Å². The monoisotopic (exact) mass is 267 g/mol. The van der Waals surface area contributed by atoms with Crippen LogP contribution in [0.15, 0.2) is 10.9 Å². The lowest BCUT2D eigenvalue weighted by Gasteiger charge is -2.02. The summed E-state index contributed by atoms with van der Waals surface area (Å²) in [5, 5.41) is 11.1. The number of methoxy groups -OCH3 is 1. The number of carbonyl (C=O) groups excluding carboxylic acids is 1. The second kappa shape index (κ2) is 6.05. The fraction of sp³-hybridized carbons (Fsp3) is 0.500. The summed E-state index contributed by atoms with van der Waals surface area (Å²) in [6, 6.07) is 0. The van der Waals surface area contributed by atoms with Gasteiger partial charge in [-0.3, -0.25) is 0 Å². The highest BCUT2D eigenvalue weighted by Crippen LogP contribution is 2.07. The zero-order chi connectivity index (χ0) is 13.7. The third-order valence-corrected chi connectivity index (χ3v) is 2.39. The Morgan fingerprint density at radius 3 is 3.00 bits per heavy atom. The van der Waals surface area contributed by atoms with E-state index in [-0.39, 0.29) is 18.8 Å². The van der Waals surface area contributed by atoms with E-state index >= 15 is 0 Å². The first-order chi connectivity index (χ1) is 9.22. The summed E-state index contributed by atoms with van der Waals surface area (Å²) in [5.41, 5.74) is 0.733. The van der Waals surface area contributed by atoms with E-state index in [1.54, 1.807) is 6.92 Å². The van der Waals surface area contributed by atoms with Gasteiger partial charge in [-0.2, -0.15) is 4.98 Å². The van der Waals surface area contributed by atoms with Crippen LogP contribution in [0.1, 0.15) is 22.1 Å². The maximum absolute atomic E-state index is 11.7. The quantitative estimate of drug-likeness (QED) is 0.524. The largest absolute Gasteiger partial charge is 0.458 e. The van der Waals surface area contributed by atoms with Gasteiger partial charge in [-0.1, -0.05) is 10.4 Å². The molecule has 0 aliphatic rings. The van der Waals surface area contributed by atoms with Gasteiger partial charge in [-0.15, -0.1) is 5.10 Å². The molecule has 2 rings (SSSR count). The van der Waals surface area contributed by atoms with Crippen LogP contribution in [0, 0.1) is 6.92 Å². The van der Waals surface area contributed by atoms with E-state index < -0.39 is 5.97 Å². The lowest BCUT2D eigenvalue weighted by atomic mass is 10.3. The lowest BCUT2D eigenvalue weighted by molar-refractivity contribution is 0.0380. The topological polar surface area (TPSA) is 105 Å². The molecule has 9 nitrogen and oxygen atoms in total. The molecule has 9 heteroatoms. The molecule has 0 aliphatic carbocycles. The smallest absolute Gasteiger partial charge is 0.360 e. The zero-order valence-corrected chi connectivity index (χ0v) is 10.6. The Morgan fingerprint density at radius 2 is 2.32 bits per heavy atom. The van der Waals surface area contributed by atoms with E-state index in [1.807, 2.05) is 0 Å². The summed E-state index contributed by atoms with van der Waals surface area (Å²) < 4.78 is 16.1. The fourth-order valence-electron chi connectivity index (χ4n) is 1.38. The Labute approximate surface area is 108 Å². The minimum absolute atomic E-state index is 0.163. The molecular weight excluding hydrogens is 254 g/mol. The first-order valence-electron chi connectivity index (χ1n) is 5.54. The molecule has 0 amide bonds. The predicted molar refractivity (Wildman–Crippen MR) is 60.3 cm³/mol. The van der Waals surface area contributed by atoms with Crippen molar-refractivity contribution in [2.45, 2.75) is 13.5 Å². The zero-order valence-electron chi connectivity index (χ0n) is 10.6. The SMILES string of the molecule is COCCOC(=O)c1nnn(Cc2ncno2)c1C. The number of hydrogen-bond donors (Lipinski definition) is 0. The molecule has 0 aliphatic heterocycles. The summed E-state index contributed by atoms with van der Waals surface area (Å²) in [6.07, 6.45) is 1.29. The normalized spacial score (nSPS) is 10.6. The second-order valence-electron chi connectivity index (χ2n) is 3.64. The number of aromatic nitrogens is 5. The Kier molecular flexibility index (Phi) is 4.18. The lowest BCUT2D eigenvalue weighted by Crippen LogP contribution is -2.12. The summed E-state index contributed by atoms with van der Waals surface area (Å²) in [6.45, 7) is 2.47. The minimum Gasteiger partial charge on any atom is -0.458 e. The van der Waals surface area contributed by atoms with Gasteiger partial charge in [0.1, 0.15) is 13.2 Å². The van der Waals surface area contributed by atoms with Gasteiger partial charge in [-0.25, -0.2) is 9.48 Å². The fourth-order valence-corrected chi connectivity index (χ4v) is 1.38. The highest BCUT2D eigenvalue weighted by Gasteiger charge is 2.18. The molecule has 0 saturated heterocycles. The third-order valence-electron chi connectivity index (χ3n) is 2.39. The van der Waals surface area contributed by atoms with Gasteiger partial charge in [0, 0.05) is 7.11 Å². The van der Waals surface area contributed by atoms with Crippen LogP contribution in [-0.4, -0.2) is 51.4 Å². The van der Waals surface area contributed by atoms with Crippen molar-refractivity contribution in [2.24, 2.45) is 0 Å². The van der Waals surface area contributed by atoms with Crippen LogP contribution in [0.3, 0.4) is 0 Å². The summed E-state index contributed by atoms with van der Waals surface area (Å²) in [4.78, 5) is 15.6. The van der Waals surface area contributed by atoms with E-state index in [0.29, 0.717) is 18.2 Å². The standard InChI is InChI=1S/C10H13N5O4/c1-7-9(10(16)18-4-3-17-2)13-14-15(7)5-8-11-6-12-19-8/h6H,3-5H2,1-2H3. The van der Waals surface area contributed by atoms with Crippen LogP contribution in [-0.2, 0) is 16.0 Å². The van der Waals surface area contributed by atoms with Gasteiger partial charge in [0.25, 0.3) is 0 Å². The van der Waals surface area contributed by atoms with E-state index in [4.69, 9.17) is 14.0 Å². The van der Waals surface area contributed by atoms with Gasteiger partial charge in [0.2, 0.25) is 5.89 Å². The molecule has 102 valence electrons. The molecule has 0 aromatic carbocycles. The number of rotatable bonds is 6. The number of nitrogens with zero attached hydrogens (tertiary/aromatic N) is 5. The minimum atomic E-state index is -0.536. The molecule has 0 fully saturated rings. The second-order valence-corrected chi connectivity index (χ2v) is 3.64. The first kappa shape index (κ1) is 13.1. The molecule has 0 N–H and O–H groups in total. The van der Waals surface area contributed by atoms with Crippen molar-refractivity contribution >= 4 is 5.97 Å². The van der Waals surface area contributed by atoms with Crippen LogP contribution >= 0.6 is 0 Å². The van der Waals surface area contributed by atoms with Crippen LogP contribution in [0.2, 0.25) is 0 Å². The third kappa shape index (κ3) is 3.13. The Morgan fingerprint density at radius 1 is 1.47 bits per heavy atom.